The predicted molar refractivity (Wildman–Crippen MR) is 94.9 cm³/mol. The first-order valence-electron chi connectivity index (χ1n) is 7.52. The quantitative estimate of drug-likeness (QED) is 0.535. The van der Waals surface area contributed by atoms with Crippen LogP contribution in [0, 0.1) is 13.8 Å². The van der Waals surface area contributed by atoms with Gasteiger partial charge in [-0.05, 0) is 42.0 Å². The van der Waals surface area contributed by atoms with Crippen molar-refractivity contribution in [3.05, 3.63) is 50.8 Å². The molecule has 0 fully saturated rings. The first-order chi connectivity index (χ1) is 12.1. The molecule has 0 radical (unpaired) electrons. The second kappa shape index (κ2) is 6.45. The molecular formula is C15H14N6O2S2. The molecule has 25 heavy (non-hydrogen) atoms. The van der Waals surface area contributed by atoms with E-state index >= 15 is 0 Å². The Morgan fingerprint density at radius 2 is 2.28 bits per heavy atom. The fraction of sp³-hybridized carbons (Fsp3) is 0.267. The van der Waals surface area contributed by atoms with Gasteiger partial charge in [0.2, 0.25) is 5.16 Å². The number of nitrogens with one attached hydrogen (secondary N) is 1. The molecule has 128 valence electrons. The van der Waals surface area contributed by atoms with Gasteiger partial charge in [0.05, 0.1) is 17.4 Å². The second-order valence-electron chi connectivity index (χ2n) is 5.46. The highest BCUT2D eigenvalue weighted by atomic mass is 32.2. The fourth-order valence-electron chi connectivity index (χ4n) is 2.45. The van der Waals surface area contributed by atoms with Crippen LogP contribution in [-0.4, -0.2) is 30.2 Å². The lowest BCUT2D eigenvalue weighted by atomic mass is 10.2. The lowest BCUT2D eigenvalue weighted by molar-refractivity contribution is 0.462. The van der Waals surface area contributed by atoms with Crippen molar-refractivity contribution < 1.29 is 4.42 Å². The summed E-state index contributed by atoms with van der Waals surface area (Å²) in [5.74, 6) is 1.85. The van der Waals surface area contributed by atoms with Crippen LogP contribution in [0.1, 0.15) is 22.0 Å². The van der Waals surface area contributed by atoms with E-state index in [-0.39, 0.29) is 5.56 Å². The van der Waals surface area contributed by atoms with Gasteiger partial charge in [0, 0.05) is 4.88 Å². The molecule has 8 nitrogen and oxygen atoms in total. The van der Waals surface area contributed by atoms with Gasteiger partial charge in [0.1, 0.15) is 23.0 Å². The molecule has 0 amide bonds. The highest BCUT2D eigenvalue weighted by Crippen LogP contribution is 2.26. The summed E-state index contributed by atoms with van der Waals surface area (Å²) in [5.41, 5.74) is 0.896. The van der Waals surface area contributed by atoms with Gasteiger partial charge < -0.3 is 9.40 Å². The predicted octanol–water partition coefficient (Wildman–Crippen LogP) is 2.52. The van der Waals surface area contributed by atoms with E-state index in [1.807, 2.05) is 26.0 Å². The molecule has 4 rings (SSSR count). The Morgan fingerprint density at radius 1 is 1.40 bits per heavy atom. The molecule has 10 heteroatoms. The third-order valence-corrected chi connectivity index (χ3v) is 5.88. The summed E-state index contributed by atoms with van der Waals surface area (Å²) in [4.78, 5) is 21.6. The smallest absolute Gasteiger partial charge is 0.259 e. The second-order valence-corrected chi connectivity index (χ2v) is 7.61. The van der Waals surface area contributed by atoms with Crippen LogP contribution in [0.5, 0.6) is 0 Å². The van der Waals surface area contributed by atoms with Gasteiger partial charge in [-0.1, -0.05) is 11.8 Å². The van der Waals surface area contributed by atoms with Crippen LogP contribution >= 0.6 is 23.1 Å². The van der Waals surface area contributed by atoms with Crippen molar-refractivity contribution in [3.63, 3.8) is 0 Å². The number of nitrogens with zero attached hydrogens (tertiary/aromatic N) is 5. The summed E-state index contributed by atoms with van der Waals surface area (Å²) in [7, 11) is 0. The van der Waals surface area contributed by atoms with Crippen molar-refractivity contribution in [1.29, 1.82) is 0 Å². The minimum atomic E-state index is -0.0994. The van der Waals surface area contributed by atoms with Crippen LogP contribution in [0.3, 0.4) is 0 Å². The van der Waals surface area contributed by atoms with E-state index in [4.69, 9.17) is 4.42 Å². The number of furan rings is 1. The van der Waals surface area contributed by atoms with Gasteiger partial charge in [-0.2, -0.15) is 0 Å². The Bertz CT molecular complexity index is 1080. The lowest BCUT2D eigenvalue weighted by Crippen LogP contribution is -2.11. The number of aromatic nitrogens is 6. The molecule has 0 aliphatic carbocycles. The molecule has 4 heterocycles. The Balaban J connectivity index is 1.55. The molecule has 0 aliphatic heterocycles. The molecule has 0 saturated heterocycles. The van der Waals surface area contributed by atoms with Crippen molar-refractivity contribution >= 4 is 33.3 Å². The van der Waals surface area contributed by atoms with E-state index < -0.39 is 0 Å². The van der Waals surface area contributed by atoms with Crippen molar-refractivity contribution in [2.75, 3.05) is 0 Å². The SMILES string of the molecule is Cc1sc2nc(CSc3nnnn3Cc3ccco3)[nH]c(=O)c2c1C. The standard InChI is InChI=1S/C15H14N6O2S2/c1-8-9(2)25-14-12(8)13(22)16-11(17-14)7-24-15-18-19-20-21(15)6-10-4-3-5-23-10/h3-5H,6-7H2,1-2H3,(H,16,17,22). The first-order valence-corrected chi connectivity index (χ1v) is 9.32. The summed E-state index contributed by atoms with van der Waals surface area (Å²) >= 11 is 2.95. The van der Waals surface area contributed by atoms with Gasteiger partial charge >= 0.3 is 0 Å². The number of thiophene rings is 1. The monoisotopic (exact) mass is 374 g/mol. The number of thioether (sulfide) groups is 1. The molecule has 4 aromatic rings. The zero-order valence-corrected chi connectivity index (χ0v) is 15.1. The van der Waals surface area contributed by atoms with Crippen LogP contribution in [0.15, 0.2) is 32.8 Å². The Morgan fingerprint density at radius 3 is 3.08 bits per heavy atom. The molecular weight excluding hydrogens is 360 g/mol. The van der Waals surface area contributed by atoms with Crippen molar-refractivity contribution in [3.8, 4) is 0 Å². The van der Waals surface area contributed by atoms with E-state index in [0.717, 1.165) is 21.0 Å². The van der Waals surface area contributed by atoms with E-state index in [2.05, 4.69) is 25.5 Å². The number of aromatic amines is 1. The van der Waals surface area contributed by atoms with Crippen LogP contribution in [0.25, 0.3) is 10.2 Å². The Hall–Kier alpha value is -2.46. The lowest BCUT2D eigenvalue weighted by Gasteiger charge is -2.03. The Kier molecular flexibility index (Phi) is 4.14. The first kappa shape index (κ1) is 16.0. The van der Waals surface area contributed by atoms with E-state index in [1.165, 1.54) is 23.1 Å². The number of rotatable bonds is 5. The Labute approximate surface area is 150 Å². The van der Waals surface area contributed by atoms with Crippen molar-refractivity contribution in [1.82, 2.24) is 30.2 Å². The average Bonchev–Trinajstić information content (AvgIpc) is 3.29. The van der Waals surface area contributed by atoms with Crippen LogP contribution in [0.2, 0.25) is 0 Å². The number of fused-ring (bicyclic) bond motifs is 1. The van der Waals surface area contributed by atoms with Crippen molar-refractivity contribution in [2.24, 2.45) is 0 Å². The molecule has 0 atom stereocenters. The minimum Gasteiger partial charge on any atom is -0.467 e. The summed E-state index contributed by atoms with van der Waals surface area (Å²) in [5, 5.41) is 13.0. The topological polar surface area (TPSA) is 102 Å². The molecule has 1 N–H and O–H groups in total. The van der Waals surface area contributed by atoms with E-state index in [9.17, 15) is 4.79 Å². The maximum Gasteiger partial charge on any atom is 0.259 e. The molecule has 4 aromatic heterocycles. The normalized spacial score (nSPS) is 11.4. The third kappa shape index (κ3) is 3.10. The summed E-state index contributed by atoms with van der Waals surface area (Å²) in [6, 6.07) is 3.69. The number of H-pyrrole nitrogens is 1. The molecule has 0 bridgehead atoms. The zero-order chi connectivity index (χ0) is 17.4. The van der Waals surface area contributed by atoms with Gasteiger partial charge in [-0.25, -0.2) is 9.67 Å². The summed E-state index contributed by atoms with van der Waals surface area (Å²) in [6.45, 7) is 4.40. The van der Waals surface area contributed by atoms with Gasteiger partial charge in [-0.15, -0.1) is 16.4 Å². The molecule has 0 aromatic carbocycles. The molecule has 0 unspecified atom stereocenters. The summed E-state index contributed by atoms with van der Waals surface area (Å²) in [6.07, 6.45) is 1.61. The maximum absolute atomic E-state index is 12.3. The highest BCUT2D eigenvalue weighted by Gasteiger charge is 2.14. The average molecular weight is 374 g/mol. The highest BCUT2D eigenvalue weighted by molar-refractivity contribution is 7.98. The van der Waals surface area contributed by atoms with Crippen molar-refractivity contribution in [2.45, 2.75) is 31.3 Å². The molecule has 0 aliphatic rings. The third-order valence-electron chi connectivity index (χ3n) is 3.81. The van der Waals surface area contributed by atoms with Gasteiger partial charge in [0.15, 0.2) is 0 Å². The molecule has 0 spiro atoms. The van der Waals surface area contributed by atoms with E-state index in [0.29, 0.717) is 28.7 Å². The van der Waals surface area contributed by atoms with Crippen LogP contribution in [-0.2, 0) is 12.3 Å². The van der Waals surface area contributed by atoms with Gasteiger partial charge in [-0.3, -0.25) is 4.79 Å². The fourth-order valence-corrected chi connectivity index (χ4v) is 4.25. The molecule has 0 saturated carbocycles. The number of hydrogen-bond donors (Lipinski definition) is 1. The van der Waals surface area contributed by atoms with Crippen LogP contribution < -0.4 is 5.56 Å². The maximum atomic E-state index is 12.3. The zero-order valence-electron chi connectivity index (χ0n) is 13.5. The summed E-state index contributed by atoms with van der Waals surface area (Å²) < 4.78 is 6.97. The number of aryl methyl sites for hydroxylation is 2. The number of hydrogen-bond acceptors (Lipinski definition) is 8. The van der Waals surface area contributed by atoms with E-state index in [1.54, 1.807) is 10.9 Å². The number of tetrazole rings is 1. The largest absolute Gasteiger partial charge is 0.467 e. The van der Waals surface area contributed by atoms with Gasteiger partial charge in [0.25, 0.3) is 5.56 Å². The minimum absolute atomic E-state index is 0.0994. The van der Waals surface area contributed by atoms with Crippen LogP contribution in [0.4, 0.5) is 0 Å².